The number of likely N-dealkylation sites (N-methyl/N-ethyl adjacent to an activating group) is 1. The zero-order valence-electron chi connectivity index (χ0n) is 10.2. The van der Waals surface area contributed by atoms with Crippen LogP contribution in [0.1, 0.15) is 18.4 Å². The minimum absolute atomic E-state index is 0.126. The molecule has 1 aromatic heterocycles. The second-order valence-electron chi connectivity index (χ2n) is 4.35. The number of carbonyl (C=O) groups excluding carboxylic acids is 2. The molecule has 1 N–H and O–H groups in total. The van der Waals surface area contributed by atoms with E-state index in [4.69, 9.17) is 0 Å². The van der Waals surface area contributed by atoms with E-state index in [1.165, 1.54) is 11.9 Å². The van der Waals surface area contributed by atoms with Crippen molar-refractivity contribution in [2.45, 2.75) is 25.8 Å². The summed E-state index contributed by atoms with van der Waals surface area (Å²) in [6.07, 6.45) is 2.58. The fourth-order valence-electron chi connectivity index (χ4n) is 1.91. The molecule has 1 aliphatic rings. The van der Waals surface area contributed by atoms with Gasteiger partial charge in [0.2, 0.25) is 5.91 Å². The molecule has 96 valence electrons. The van der Waals surface area contributed by atoms with Crippen LogP contribution >= 0.6 is 15.9 Å². The van der Waals surface area contributed by atoms with Crippen molar-refractivity contribution >= 4 is 33.6 Å². The number of imide groups is 1. The summed E-state index contributed by atoms with van der Waals surface area (Å²) in [6.45, 7) is 1.92. The smallest absolute Gasteiger partial charge is 0.251 e. The summed E-state index contributed by atoms with van der Waals surface area (Å²) >= 11 is 3.34. The van der Waals surface area contributed by atoms with E-state index in [-0.39, 0.29) is 17.9 Å². The van der Waals surface area contributed by atoms with Crippen LogP contribution in [0, 0.1) is 6.92 Å². The molecule has 1 fully saturated rings. The Labute approximate surface area is 114 Å². The molecule has 5 nitrogen and oxygen atoms in total. The summed E-state index contributed by atoms with van der Waals surface area (Å²) in [5.41, 5.74) is 0.955. The number of anilines is 1. The second-order valence-corrected chi connectivity index (χ2v) is 5.26. The zero-order valence-corrected chi connectivity index (χ0v) is 11.8. The number of carbonyl (C=O) groups is 2. The topological polar surface area (TPSA) is 62.3 Å². The number of halogens is 1. The van der Waals surface area contributed by atoms with Gasteiger partial charge in [0.05, 0.1) is 0 Å². The summed E-state index contributed by atoms with van der Waals surface area (Å²) in [6, 6.07) is 1.55. The third kappa shape index (κ3) is 2.53. The summed E-state index contributed by atoms with van der Waals surface area (Å²) in [4.78, 5) is 28.7. The largest absolute Gasteiger partial charge is 0.358 e. The van der Waals surface area contributed by atoms with E-state index in [2.05, 4.69) is 26.2 Å². The Morgan fingerprint density at radius 2 is 2.22 bits per heavy atom. The Hall–Kier alpha value is -1.43. The Balaban J connectivity index is 2.14. The predicted molar refractivity (Wildman–Crippen MR) is 71.1 cm³/mol. The Kier molecular flexibility index (Phi) is 3.65. The maximum atomic E-state index is 11.9. The molecule has 6 heteroatoms. The van der Waals surface area contributed by atoms with Gasteiger partial charge < -0.3 is 5.32 Å². The van der Waals surface area contributed by atoms with Gasteiger partial charge in [0, 0.05) is 24.1 Å². The average molecular weight is 312 g/mol. The molecule has 2 rings (SSSR count). The molecule has 0 radical (unpaired) electrons. The van der Waals surface area contributed by atoms with E-state index in [9.17, 15) is 9.59 Å². The number of rotatable bonds is 2. The van der Waals surface area contributed by atoms with Crippen molar-refractivity contribution in [3.8, 4) is 0 Å². The minimum atomic E-state index is -0.375. The quantitative estimate of drug-likeness (QED) is 0.845. The van der Waals surface area contributed by atoms with E-state index in [0.717, 1.165) is 10.0 Å². The van der Waals surface area contributed by atoms with Crippen molar-refractivity contribution in [3.05, 3.63) is 22.3 Å². The van der Waals surface area contributed by atoms with Crippen molar-refractivity contribution in [2.75, 3.05) is 12.4 Å². The highest BCUT2D eigenvalue weighted by atomic mass is 79.9. The zero-order chi connectivity index (χ0) is 13.3. The van der Waals surface area contributed by atoms with Gasteiger partial charge in [-0.2, -0.15) is 0 Å². The van der Waals surface area contributed by atoms with E-state index >= 15 is 0 Å². The number of aromatic nitrogens is 1. The molecule has 2 amide bonds. The van der Waals surface area contributed by atoms with Crippen LogP contribution in [-0.2, 0) is 9.59 Å². The number of aryl methyl sites for hydroxylation is 1. The Bertz CT molecular complexity index is 504. The van der Waals surface area contributed by atoms with E-state index in [1.807, 2.05) is 13.0 Å². The second kappa shape index (κ2) is 5.06. The van der Waals surface area contributed by atoms with Crippen LogP contribution in [0.4, 0.5) is 5.82 Å². The fraction of sp³-hybridized carbons (Fsp3) is 0.417. The van der Waals surface area contributed by atoms with Crippen molar-refractivity contribution in [1.82, 2.24) is 9.88 Å². The maximum absolute atomic E-state index is 11.9. The highest BCUT2D eigenvalue weighted by Crippen LogP contribution is 2.20. The first-order valence-corrected chi connectivity index (χ1v) is 6.47. The lowest BCUT2D eigenvalue weighted by molar-refractivity contribution is -0.146. The molecule has 1 unspecified atom stereocenters. The molecule has 1 atom stereocenters. The van der Waals surface area contributed by atoms with Gasteiger partial charge in [-0.3, -0.25) is 14.5 Å². The van der Waals surface area contributed by atoms with Gasteiger partial charge in [-0.25, -0.2) is 4.98 Å². The number of amides is 2. The highest BCUT2D eigenvalue weighted by molar-refractivity contribution is 9.10. The number of piperidine rings is 1. The summed E-state index contributed by atoms with van der Waals surface area (Å²) in [5, 5.41) is 3.10. The number of pyridine rings is 1. The molecule has 1 saturated heterocycles. The van der Waals surface area contributed by atoms with E-state index in [0.29, 0.717) is 18.7 Å². The maximum Gasteiger partial charge on any atom is 0.251 e. The molecule has 0 saturated carbocycles. The number of likely N-dealkylation sites (tertiary alicyclic amines) is 1. The van der Waals surface area contributed by atoms with Gasteiger partial charge in [-0.05, 0) is 40.9 Å². The molecular weight excluding hydrogens is 298 g/mol. The molecule has 2 heterocycles. The molecule has 0 spiro atoms. The fourth-order valence-corrected chi connectivity index (χ4v) is 2.35. The van der Waals surface area contributed by atoms with Crippen molar-refractivity contribution in [1.29, 1.82) is 0 Å². The third-order valence-corrected chi connectivity index (χ3v) is 3.44. The average Bonchev–Trinajstić information content (AvgIpc) is 2.33. The summed E-state index contributed by atoms with van der Waals surface area (Å²) in [7, 11) is 1.51. The summed E-state index contributed by atoms with van der Waals surface area (Å²) in [5.74, 6) is 0.355. The SMILES string of the molecule is Cc1cc(Br)cnc1NC1CCC(=O)N(C)C1=O. The number of nitrogens with one attached hydrogen (secondary N) is 1. The van der Waals surface area contributed by atoms with Crippen LogP contribution in [0.15, 0.2) is 16.7 Å². The molecule has 18 heavy (non-hydrogen) atoms. The van der Waals surface area contributed by atoms with E-state index < -0.39 is 0 Å². The van der Waals surface area contributed by atoms with Crippen LogP contribution in [0.2, 0.25) is 0 Å². The summed E-state index contributed by atoms with van der Waals surface area (Å²) < 4.78 is 0.896. The predicted octanol–water partition coefficient (Wildman–Crippen LogP) is 1.71. The van der Waals surface area contributed by atoms with Crippen LogP contribution in [0.25, 0.3) is 0 Å². The van der Waals surface area contributed by atoms with Crippen LogP contribution < -0.4 is 5.32 Å². The van der Waals surface area contributed by atoms with Crippen LogP contribution in [-0.4, -0.2) is 34.8 Å². The molecule has 1 aromatic rings. The van der Waals surface area contributed by atoms with Crippen molar-refractivity contribution in [2.24, 2.45) is 0 Å². The van der Waals surface area contributed by atoms with Gasteiger partial charge in [-0.15, -0.1) is 0 Å². The molecular formula is C12H14BrN3O2. The van der Waals surface area contributed by atoms with Gasteiger partial charge in [0.25, 0.3) is 5.91 Å². The minimum Gasteiger partial charge on any atom is -0.358 e. The number of hydrogen-bond donors (Lipinski definition) is 1. The lowest BCUT2D eigenvalue weighted by atomic mass is 10.0. The monoisotopic (exact) mass is 311 g/mol. The van der Waals surface area contributed by atoms with Crippen molar-refractivity contribution < 1.29 is 9.59 Å². The van der Waals surface area contributed by atoms with Crippen LogP contribution in [0.3, 0.4) is 0 Å². The lowest BCUT2D eigenvalue weighted by Gasteiger charge is -2.28. The standard InChI is InChI=1S/C12H14BrN3O2/c1-7-5-8(13)6-14-11(7)15-9-3-4-10(17)16(2)12(9)18/h5-6,9H,3-4H2,1-2H3,(H,14,15). The number of hydrogen-bond acceptors (Lipinski definition) is 4. The van der Waals surface area contributed by atoms with Crippen molar-refractivity contribution in [3.63, 3.8) is 0 Å². The van der Waals surface area contributed by atoms with Gasteiger partial charge in [-0.1, -0.05) is 0 Å². The van der Waals surface area contributed by atoms with Crippen LogP contribution in [0.5, 0.6) is 0 Å². The van der Waals surface area contributed by atoms with Gasteiger partial charge in [0.15, 0.2) is 0 Å². The lowest BCUT2D eigenvalue weighted by Crippen LogP contribution is -2.48. The van der Waals surface area contributed by atoms with Gasteiger partial charge >= 0.3 is 0 Å². The Morgan fingerprint density at radius 1 is 1.50 bits per heavy atom. The molecule has 1 aliphatic heterocycles. The normalized spacial score (nSPS) is 20.2. The Morgan fingerprint density at radius 3 is 2.89 bits per heavy atom. The molecule has 0 aliphatic carbocycles. The first kappa shape index (κ1) is 13.0. The molecule has 0 aromatic carbocycles. The van der Waals surface area contributed by atoms with E-state index in [1.54, 1.807) is 6.20 Å². The van der Waals surface area contributed by atoms with Gasteiger partial charge in [0.1, 0.15) is 11.9 Å². The number of nitrogens with zero attached hydrogens (tertiary/aromatic N) is 2. The highest BCUT2D eigenvalue weighted by Gasteiger charge is 2.31. The first-order valence-electron chi connectivity index (χ1n) is 5.68. The molecule has 0 bridgehead atoms. The third-order valence-electron chi connectivity index (χ3n) is 3.01. The first-order chi connectivity index (χ1) is 8.49.